The molecule has 0 fully saturated rings. The number of ether oxygens (including phenoxy) is 1. The van der Waals surface area contributed by atoms with Gasteiger partial charge >= 0.3 is 0 Å². The Morgan fingerprint density at radius 1 is 0.917 bits per heavy atom. The number of rotatable bonds is 21. The van der Waals surface area contributed by atoms with Gasteiger partial charge in [-0.1, -0.05) is 83.2 Å². The number of carbonyl (C=O) groups excluding carboxylic acids is 3. The van der Waals surface area contributed by atoms with Gasteiger partial charge in [0.25, 0.3) is 11.8 Å². The van der Waals surface area contributed by atoms with Crippen molar-refractivity contribution in [2.24, 2.45) is 5.73 Å². The van der Waals surface area contributed by atoms with Crippen LogP contribution in [0.4, 0.5) is 17.1 Å². The fourth-order valence-electron chi connectivity index (χ4n) is 7.11. The smallest absolute Gasteiger partial charge is 0.252 e. The second-order valence-corrected chi connectivity index (χ2v) is 21.8. The molecule has 0 saturated heterocycles. The van der Waals surface area contributed by atoms with Crippen LogP contribution in [-0.2, 0) is 15.6 Å². The number of nitrogens with two attached hydrogens (primary N) is 1. The van der Waals surface area contributed by atoms with Gasteiger partial charge in [-0.25, -0.2) is 0 Å². The number of phenolic OH excluding ortho intramolecular Hbond substituents is 1. The Kier molecular flexibility index (Phi) is 15.5. The van der Waals surface area contributed by atoms with E-state index in [4.69, 9.17) is 14.9 Å². The highest BCUT2D eigenvalue weighted by molar-refractivity contribution is 6.74. The van der Waals surface area contributed by atoms with Gasteiger partial charge in [0.2, 0.25) is 6.41 Å². The van der Waals surface area contributed by atoms with E-state index >= 15 is 0 Å². The molecule has 11 nitrogen and oxygen atoms in total. The normalized spacial score (nSPS) is 12.2. The standard InChI is InChI=1S/C48H61N5O6Si/c1-32-24-34(27-39-44(32)51-30-40(46(49)56)45(39)53-37-18-15-19-38(29-37)58-5)25-33-16-14-17-36(26-33)47(57)50-23-13-11-9-8-10-12-20-43(59-60(6,7)48(2,3)4)35-21-22-42(55)41(28-35)52-31-54/h14-19,21-22,24,26-31,43,55H,8-13,20,23,25H2,1-7H3,(H2,49,56)(H,50,57)(H,51,53)(H,52,54)/t43-/m0/s1. The molecule has 0 aliphatic heterocycles. The lowest BCUT2D eigenvalue weighted by atomic mass is 9.97. The molecule has 0 aliphatic rings. The van der Waals surface area contributed by atoms with E-state index in [2.05, 4.69) is 60.9 Å². The number of nitrogens with zero attached hydrogens (tertiary/aromatic N) is 1. The minimum atomic E-state index is -2.08. The van der Waals surface area contributed by atoms with Crippen LogP contribution in [0.3, 0.4) is 0 Å². The number of anilines is 3. The van der Waals surface area contributed by atoms with Gasteiger partial charge in [0.15, 0.2) is 8.32 Å². The van der Waals surface area contributed by atoms with Crippen molar-refractivity contribution in [3.8, 4) is 11.5 Å². The number of carbonyl (C=O) groups is 3. The number of unbranched alkanes of at least 4 members (excludes halogenated alkanes) is 5. The van der Waals surface area contributed by atoms with Crippen molar-refractivity contribution < 1.29 is 28.7 Å². The lowest BCUT2D eigenvalue weighted by molar-refractivity contribution is -0.105. The number of primary amides is 1. The molecule has 0 saturated carbocycles. The first-order chi connectivity index (χ1) is 28.6. The summed E-state index contributed by atoms with van der Waals surface area (Å²) >= 11 is 0. The molecule has 0 spiro atoms. The third-order valence-corrected chi connectivity index (χ3v) is 15.9. The molecule has 0 aliphatic carbocycles. The largest absolute Gasteiger partial charge is 0.506 e. The van der Waals surface area contributed by atoms with Gasteiger partial charge in [-0.2, -0.15) is 0 Å². The minimum absolute atomic E-state index is 0.0318. The van der Waals surface area contributed by atoms with Crippen molar-refractivity contribution in [2.45, 2.75) is 103 Å². The van der Waals surface area contributed by atoms with Gasteiger partial charge in [-0.05, 0) is 109 Å². The first-order valence-corrected chi connectivity index (χ1v) is 23.7. The zero-order chi connectivity index (χ0) is 43.5. The van der Waals surface area contributed by atoms with Crippen LogP contribution in [0.5, 0.6) is 11.5 Å². The summed E-state index contributed by atoms with van der Waals surface area (Å²) in [7, 11) is -0.481. The number of phenols is 1. The molecule has 318 valence electrons. The number of aromatic hydroxyl groups is 1. The molecule has 5 aromatic rings. The van der Waals surface area contributed by atoms with Gasteiger partial charge < -0.3 is 36.0 Å². The zero-order valence-electron chi connectivity index (χ0n) is 36.1. The summed E-state index contributed by atoms with van der Waals surface area (Å²) in [5.74, 6) is 0.0322. The lowest BCUT2D eigenvalue weighted by Gasteiger charge is -2.39. The average molecular weight is 832 g/mol. The van der Waals surface area contributed by atoms with Crippen LogP contribution in [0, 0.1) is 6.92 Å². The topological polar surface area (TPSA) is 165 Å². The Bertz CT molecular complexity index is 2290. The molecule has 4 aromatic carbocycles. The molecule has 0 bridgehead atoms. The van der Waals surface area contributed by atoms with E-state index in [1.54, 1.807) is 13.2 Å². The van der Waals surface area contributed by atoms with Crippen molar-refractivity contribution in [1.29, 1.82) is 0 Å². The quantitative estimate of drug-likeness (QED) is 0.0211. The highest BCUT2D eigenvalue weighted by Crippen LogP contribution is 2.42. The first kappa shape index (κ1) is 45.4. The van der Waals surface area contributed by atoms with Crippen LogP contribution < -0.4 is 26.4 Å². The molecule has 1 heterocycles. The summed E-state index contributed by atoms with van der Waals surface area (Å²) in [6.45, 7) is 13.8. The maximum absolute atomic E-state index is 13.2. The van der Waals surface area contributed by atoms with Gasteiger partial charge in [-0.15, -0.1) is 0 Å². The van der Waals surface area contributed by atoms with Crippen LogP contribution in [0.1, 0.15) is 115 Å². The second-order valence-electron chi connectivity index (χ2n) is 17.0. The SMILES string of the molecule is COc1cccc(Nc2c(C(N)=O)cnc3c(C)cc(Cc4cccc(C(=O)NCCCCCCCC[C@H](O[Si](C)(C)C(C)(C)C)c5ccc(O)c(NC=O)c5)c4)cc23)c1. The second kappa shape index (κ2) is 20.5. The predicted octanol–water partition coefficient (Wildman–Crippen LogP) is 10.5. The van der Waals surface area contributed by atoms with Gasteiger partial charge in [0.05, 0.1) is 35.7 Å². The summed E-state index contributed by atoms with van der Waals surface area (Å²) in [5, 5.41) is 20.1. The van der Waals surface area contributed by atoms with Crippen molar-refractivity contribution >= 4 is 54.5 Å². The molecule has 12 heteroatoms. The number of methoxy groups -OCH3 is 1. The molecular formula is C48H61N5O6Si. The van der Waals surface area contributed by atoms with E-state index in [0.29, 0.717) is 42.1 Å². The Morgan fingerprint density at radius 3 is 2.37 bits per heavy atom. The Balaban J connectivity index is 1.13. The lowest BCUT2D eigenvalue weighted by Crippen LogP contribution is -2.41. The highest BCUT2D eigenvalue weighted by Gasteiger charge is 2.39. The molecule has 6 N–H and O–H groups in total. The van der Waals surface area contributed by atoms with E-state index < -0.39 is 14.2 Å². The number of amides is 3. The van der Waals surface area contributed by atoms with Crippen LogP contribution in [0.25, 0.3) is 10.9 Å². The van der Waals surface area contributed by atoms with Gasteiger partial charge in [-0.3, -0.25) is 19.4 Å². The van der Waals surface area contributed by atoms with Crippen molar-refractivity contribution in [1.82, 2.24) is 10.3 Å². The predicted molar refractivity (Wildman–Crippen MR) is 244 cm³/mol. The fourth-order valence-corrected chi connectivity index (χ4v) is 8.43. The number of pyridine rings is 1. The van der Waals surface area contributed by atoms with Crippen LogP contribution >= 0.6 is 0 Å². The van der Waals surface area contributed by atoms with E-state index in [-0.39, 0.29) is 28.4 Å². The average Bonchev–Trinajstić information content (AvgIpc) is 3.20. The molecule has 0 radical (unpaired) electrons. The summed E-state index contributed by atoms with van der Waals surface area (Å²) in [5.41, 5.74) is 13.1. The molecule has 1 atom stereocenters. The number of benzene rings is 4. The third kappa shape index (κ3) is 11.9. The zero-order valence-corrected chi connectivity index (χ0v) is 37.1. The Labute approximate surface area is 355 Å². The van der Waals surface area contributed by atoms with Crippen LogP contribution in [-0.4, -0.2) is 50.3 Å². The fraction of sp³-hybridized carbons (Fsp3) is 0.375. The monoisotopic (exact) mass is 831 g/mol. The van der Waals surface area contributed by atoms with Gasteiger partial charge in [0, 0.05) is 35.4 Å². The number of fused-ring (bicyclic) bond motifs is 1. The van der Waals surface area contributed by atoms with E-state index in [0.717, 1.165) is 83.8 Å². The Morgan fingerprint density at radius 2 is 1.65 bits per heavy atom. The number of aryl methyl sites for hydroxylation is 1. The maximum atomic E-state index is 13.2. The molecule has 5 rings (SSSR count). The third-order valence-electron chi connectivity index (χ3n) is 11.5. The number of aromatic nitrogens is 1. The first-order valence-electron chi connectivity index (χ1n) is 20.8. The maximum Gasteiger partial charge on any atom is 0.252 e. The van der Waals surface area contributed by atoms with Crippen molar-refractivity contribution in [3.05, 3.63) is 118 Å². The van der Waals surface area contributed by atoms with E-state index in [9.17, 15) is 19.5 Å². The minimum Gasteiger partial charge on any atom is -0.506 e. The number of hydrogen-bond acceptors (Lipinski definition) is 8. The van der Waals surface area contributed by atoms with Gasteiger partial charge in [0.1, 0.15) is 11.5 Å². The number of hydrogen-bond donors (Lipinski definition) is 5. The summed E-state index contributed by atoms with van der Waals surface area (Å²) in [4.78, 5) is 41.4. The highest BCUT2D eigenvalue weighted by atomic mass is 28.4. The summed E-state index contributed by atoms with van der Waals surface area (Å²) < 4.78 is 12.2. The van der Waals surface area contributed by atoms with Crippen LogP contribution in [0.15, 0.2) is 85.1 Å². The van der Waals surface area contributed by atoms with E-state index in [1.165, 1.54) is 6.20 Å². The summed E-state index contributed by atoms with van der Waals surface area (Å²) in [6, 6.07) is 24.6. The summed E-state index contributed by atoms with van der Waals surface area (Å²) in [6.07, 6.45) is 9.52. The van der Waals surface area contributed by atoms with E-state index in [1.807, 2.05) is 73.7 Å². The molecule has 3 amide bonds. The van der Waals surface area contributed by atoms with Crippen LogP contribution in [0.2, 0.25) is 18.1 Å². The molecule has 60 heavy (non-hydrogen) atoms. The number of nitrogens with one attached hydrogen (secondary N) is 3. The van der Waals surface area contributed by atoms with Crippen molar-refractivity contribution in [3.63, 3.8) is 0 Å². The Hall–Kier alpha value is -5.72. The molecule has 1 aromatic heterocycles. The molecule has 0 unspecified atom stereocenters. The van der Waals surface area contributed by atoms with Crippen molar-refractivity contribution in [2.75, 3.05) is 24.3 Å². The molecular weight excluding hydrogens is 771 g/mol.